The van der Waals surface area contributed by atoms with Crippen molar-refractivity contribution in [2.45, 2.75) is 25.3 Å². The third-order valence-corrected chi connectivity index (χ3v) is 8.76. The second-order valence-corrected chi connectivity index (χ2v) is 13.2. The summed E-state index contributed by atoms with van der Waals surface area (Å²) in [5.74, 6) is -0.423. The molecule has 0 aliphatic carbocycles. The summed E-state index contributed by atoms with van der Waals surface area (Å²) in [7, 11) is 0. The van der Waals surface area contributed by atoms with Gasteiger partial charge in [0.2, 0.25) is 0 Å². The van der Waals surface area contributed by atoms with Crippen LogP contribution >= 0.6 is 68.5 Å². The van der Waals surface area contributed by atoms with E-state index in [-0.39, 0.29) is 37.1 Å². The van der Waals surface area contributed by atoms with Gasteiger partial charge in [-0.1, -0.05) is 106 Å². The Morgan fingerprint density at radius 3 is 2.02 bits per heavy atom. The van der Waals surface area contributed by atoms with E-state index in [4.69, 9.17) is 29.3 Å². The van der Waals surface area contributed by atoms with E-state index in [1.54, 1.807) is 29.2 Å². The standard InChI is InChI=1S/C16H15ClN2O3S.C15H17ClN2O2S.CH3I/c17-14-7-6-13(23-14)15(20)18-8-12-10-19(16(21)22-12)9-11-4-2-1-3-5-11;16-14-7-6-13(21-14)15(20)18-10-12(19)9-17-8-11-4-2-1-3-5-11;1-2/h1-7,12H,8-10H2,(H,18,20);1-7,12,17,19H,8-10H2,(H,18,20);1H3/i;;1D. The van der Waals surface area contributed by atoms with Crippen molar-refractivity contribution < 1.29 is 25.6 Å². The number of carbonyl (C=O) groups is 3. The van der Waals surface area contributed by atoms with Crippen molar-refractivity contribution >= 4 is 86.4 Å². The highest BCUT2D eigenvalue weighted by Crippen LogP contribution is 2.22. The number of hydrogen-bond donors (Lipinski definition) is 4. The Bertz CT molecular complexity index is 1530. The molecule has 46 heavy (non-hydrogen) atoms. The number of amides is 3. The lowest BCUT2D eigenvalue weighted by Gasteiger charge is -2.12. The monoisotopic (exact) mass is 817 g/mol. The Morgan fingerprint density at radius 1 is 0.935 bits per heavy atom. The number of rotatable bonds is 12. The maximum atomic E-state index is 12.0. The van der Waals surface area contributed by atoms with E-state index in [2.05, 4.69) is 16.0 Å². The Balaban J connectivity index is 0.000000237. The van der Waals surface area contributed by atoms with Gasteiger partial charge >= 0.3 is 6.09 Å². The molecule has 1 fully saturated rings. The third-order valence-electron chi connectivity index (χ3n) is 6.30. The molecule has 1 saturated heterocycles. The van der Waals surface area contributed by atoms with Crippen LogP contribution in [-0.4, -0.2) is 71.2 Å². The van der Waals surface area contributed by atoms with Gasteiger partial charge in [-0.25, -0.2) is 4.79 Å². The van der Waals surface area contributed by atoms with Crippen molar-refractivity contribution in [1.29, 1.82) is 0 Å². The molecule has 2 aromatic heterocycles. The summed E-state index contributed by atoms with van der Waals surface area (Å²) in [6.07, 6.45) is -1.33. The fourth-order valence-corrected chi connectivity index (χ4v) is 6.05. The van der Waals surface area contributed by atoms with Gasteiger partial charge in [-0.05, 0) is 40.3 Å². The Hall–Kier alpha value is -2.72. The van der Waals surface area contributed by atoms with Crippen molar-refractivity contribution in [1.82, 2.24) is 20.9 Å². The molecule has 1 aliphatic heterocycles. The minimum Gasteiger partial charge on any atom is -0.442 e. The molecule has 0 bridgehead atoms. The van der Waals surface area contributed by atoms with Crippen LogP contribution in [0.2, 0.25) is 8.67 Å². The molecule has 3 amide bonds. The first kappa shape index (κ1) is 36.1. The minimum absolute atomic E-state index is 0.205. The van der Waals surface area contributed by atoms with Crippen LogP contribution in [0.15, 0.2) is 84.9 Å². The summed E-state index contributed by atoms with van der Waals surface area (Å²) in [6, 6.07) is 26.4. The highest BCUT2D eigenvalue weighted by molar-refractivity contribution is 14.1. The van der Waals surface area contributed by atoms with Crippen LogP contribution in [0.5, 0.6) is 0 Å². The van der Waals surface area contributed by atoms with Crippen molar-refractivity contribution in [3.8, 4) is 0 Å². The first-order valence-electron chi connectivity index (χ1n) is 14.7. The van der Waals surface area contributed by atoms with E-state index in [1.807, 2.05) is 83.3 Å². The second-order valence-electron chi connectivity index (χ2n) is 9.77. The van der Waals surface area contributed by atoms with Crippen LogP contribution in [0.4, 0.5) is 4.79 Å². The zero-order valence-electron chi connectivity index (χ0n) is 25.7. The number of thiophene rings is 2. The number of alkyl halides is 1. The number of carbonyl (C=O) groups excluding carboxylic acids is 3. The molecule has 4 aromatic rings. The lowest BCUT2D eigenvalue weighted by molar-refractivity contribution is 0.0914. The summed E-state index contributed by atoms with van der Waals surface area (Å²) >= 11 is 16.0. The summed E-state index contributed by atoms with van der Waals surface area (Å²) < 4.78 is 12.6. The molecule has 246 valence electrons. The van der Waals surface area contributed by atoms with Gasteiger partial charge in [-0.3, -0.25) is 9.59 Å². The molecule has 2 atom stereocenters. The number of nitrogens with zero attached hydrogens (tertiary/aromatic N) is 1. The quantitative estimate of drug-likeness (QED) is 0.0960. The van der Waals surface area contributed by atoms with E-state index in [1.165, 1.54) is 22.7 Å². The van der Waals surface area contributed by atoms with Crippen molar-refractivity contribution in [2.24, 2.45) is 0 Å². The number of benzene rings is 2. The van der Waals surface area contributed by atoms with E-state index in [9.17, 15) is 19.5 Å². The average Bonchev–Trinajstić information content (AvgIpc) is 3.80. The van der Waals surface area contributed by atoms with Crippen molar-refractivity contribution in [3.63, 3.8) is 0 Å². The first-order valence-corrected chi connectivity index (χ1v) is 17.9. The largest absolute Gasteiger partial charge is 0.442 e. The van der Waals surface area contributed by atoms with E-state index < -0.39 is 6.10 Å². The lowest BCUT2D eigenvalue weighted by Crippen LogP contribution is -2.37. The number of aliphatic hydroxyl groups is 1. The topological polar surface area (TPSA) is 120 Å². The summed E-state index contributed by atoms with van der Waals surface area (Å²) in [6.45, 7) is 2.55. The average molecular weight is 819 g/mol. The lowest BCUT2D eigenvalue weighted by atomic mass is 10.2. The highest BCUT2D eigenvalue weighted by atomic mass is 127. The summed E-state index contributed by atoms with van der Waals surface area (Å²) in [5.41, 5.74) is 2.20. The van der Waals surface area contributed by atoms with Gasteiger partial charge < -0.3 is 30.7 Å². The van der Waals surface area contributed by atoms with Crippen LogP contribution in [0.1, 0.15) is 31.8 Å². The van der Waals surface area contributed by atoms with Gasteiger partial charge in [0.05, 0.1) is 37.6 Å². The molecule has 2 aromatic carbocycles. The van der Waals surface area contributed by atoms with E-state index in [0.29, 0.717) is 49.5 Å². The Labute approximate surface area is 301 Å². The van der Waals surface area contributed by atoms with Gasteiger partial charge in [-0.2, -0.15) is 0 Å². The van der Waals surface area contributed by atoms with Crippen LogP contribution in [0.25, 0.3) is 0 Å². The molecule has 0 spiro atoms. The van der Waals surface area contributed by atoms with E-state index in [0.717, 1.165) is 11.1 Å². The minimum atomic E-state index is -0.631. The molecule has 1 aliphatic rings. The normalized spacial score (nSPS) is 14.5. The Morgan fingerprint density at radius 2 is 1.48 bits per heavy atom. The molecular weight excluding hydrogens is 782 g/mol. The van der Waals surface area contributed by atoms with Crippen LogP contribution in [-0.2, 0) is 17.8 Å². The molecule has 5 rings (SSSR count). The number of ether oxygens (including phenoxy) is 1. The number of nitrogens with one attached hydrogen (secondary N) is 3. The second kappa shape index (κ2) is 20.5. The molecule has 4 N–H and O–H groups in total. The van der Waals surface area contributed by atoms with Crippen molar-refractivity contribution in [3.05, 3.63) is 114 Å². The number of aliphatic hydroxyl groups excluding tert-OH is 1. The SMILES string of the molecule is O=C(NCC(O)CNCc1ccccc1)c1ccc(Cl)s1.O=C(NCC1CN(Cc2ccccc2)C(=O)O1)c1ccc(Cl)s1.[2H]CI. The number of cyclic esters (lactones) is 1. The van der Waals surface area contributed by atoms with E-state index >= 15 is 0 Å². The predicted molar refractivity (Wildman–Crippen MR) is 195 cm³/mol. The molecule has 3 heterocycles. The highest BCUT2D eigenvalue weighted by Gasteiger charge is 2.31. The molecule has 14 heteroatoms. The summed E-state index contributed by atoms with van der Waals surface area (Å²) in [5, 5.41) is 18.4. The maximum absolute atomic E-state index is 12.0. The molecule has 2 unspecified atom stereocenters. The van der Waals surface area contributed by atoms with Gasteiger partial charge in [0.15, 0.2) is 0 Å². The molecule has 9 nitrogen and oxygen atoms in total. The predicted octanol–water partition coefficient (Wildman–Crippen LogP) is 6.49. The maximum Gasteiger partial charge on any atom is 0.410 e. The molecular formula is C32H35Cl2IN4O5S2. The van der Waals surface area contributed by atoms with Crippen molar-refractivity contribution in [2.75, 3.05) is 31.1 Å². The fraction of sp³-hybridized carbons (Fsp3) is 0.281. The van der Waals surface area contributed by atoms with Gasteiger partial charge in [0, 0.05) is 27.5 Å². The van der Waals surface area contributed by atoms with Gasteiger partial charge in [0.25, 0.3) is 11.8 Å². The smallest absolute Gasteiger partial charge is 0.410 e. The van der Waals surface area contributed by atoms with Crippen LogP contribution < -0.4 is 16.0 Å². The zero-order chi connectivity index (χ0) is 34.0. The fourth-order valence-electron chi connectivity index (χ4n) is 4.13. The van der Waals surface area contributed by atoms with Gasteiger partial charge in [0.1, 0.15) is 6.10 Å². The summed E-state index contributed by atoms with van der Waals surface area (Å²) in [4.78, 5) is 38.8. The molecule has 0 saturated carbocycles. The van der Waals surface area contributed by atoms with Crippen LogP contribution in [0.3, 0.4) is 0 Å². The first-order chi connectivity index (χ1) is 22.7. The number of hydrogen-bond acceptors (Lipinski definition) is 8. The van der Waals surface area contributed by atoms with Gasteiger partial charge in [-0.15, -0.1) is 22.7 Å². The van der Waals surface area contributed by atoms with Crippen LogP contribution in [0, 0.1) is 0 Å². The third kappa shape index (κ3) is 13.2. The molecule has 0 radical (unpaired) electrons. The number of halogens is 3. The zero-order valence-corrected chi connectivity index (χ0v) is 30.0. The Kier molecular flexibility index (Phi) is 16.1.